The summed E-state index contributed by atoms with van der Waals surface area (Å²) in [5.41, 5.74) is 2.40. The Morgan fingerprint density at radius 3 is 1.92 bits per heavy atom. The zero-order valence-corrected chi connectivity index (χ0v) is 7.36. The molecule has 0 fully saturated rings. The number of nitrogens with zero attached hydrogens (tertiary/aromatic N) is 2. The molecule has 0 atom stereocenters. The summed E-state index contributed by atoms with van der Waals surface area (Å²) >= 11 is 0. The summed E-state index contributed by atoms with van der Waals surface area (Å²) < 4.78 is 0. The average molecular weight is 158 g/mol. The molecule has 2 rings (SSSR count). The van der Waals surface area contributed by atoms with E-state index in [2.05, 4.69) is 21.9 Å². The van der Waals surface area contributed by atoms with E-state index >= 15 is 0 Å². The van der Waals surface area contributed by atoms with Crippen LogP contribution in [0.1, 0.15) is 0 Å². The van der Waals surface area contributed by atoms with Crippen LogP contribution in [0.25, 0.3) is 0 Å². The summed E-state index contributed by atoms with van der Waals surface area (Å²) in [6.45, 7) is 0. The monoisotopic (exact) mass is 158 g/mol. The zero-order valence-electron chi connectivity index (χ0n) is 7.36. The minimum Gasteiger partial charge on any atom is -0.361 e. The highest BCUT2D eigenvalue weighted by Crippen LogP contribution is 2.35. The van der Waals surface area contributed by atoms with E-state index in [1.165, 1.54) is 11.4 Å². The highest BCUT2D eigenvalue weighted by Gasteiger charge is 2.25. The van der Waals surface area contributed by atoms with E-state index in [-0.39, 0.29) is 6.07 Å². The van der Waals surface area contributed by atoms with Crippen LogP contribution in [0.3, 0.4) is 0 Å². The van der Waals surface area contributed by atoms with Gasteiger partial charge in [-0.2, -0.15) is 0 Å². The maximum atomic E-state index is 5.92. The first-order chi connectivity index (χ1) is 5.72. The van der Waals surface area contributed by atoms with Gasteiger partial charge in [-0.05, 0) is 12.1 Å². The van der Waals surface area contributed by atoms with Crippen molar-refractivity contribution in [2.45, 2.75) is 6.07 Å². The fourth-order valence-corrected chi connectivity index (χ4v) is 1.61. The number of fused-ring (bicyclic) bond motifs is 1. The third-order valence-corrected chi connectivity index (χ3v) is 2.44. The minimum atomic E-state index is -0.0256. The third kappa shape index (κ3) is 0.824. The highest BCUT2D eigenvalue weighted by atomic mass is 15.4. The van der Waals surface area contributed by atoms with Crippen LogP contribution in [0, 0.1) is 0 Å². The van der Waals surface area contributed by atoms with Gasteiger partial charge in [-0.1, -0.05) is 12.1 Å². The molecule has 3 heteroatoms. The second-order valence-electron chi connectivity index (χ2n) is 3.12. The van der Waals surface area contributed by atoms with Crippen molar-refractivity contribution in [1.82, 2.24) is 0 Å². The van der Waals surface area contributed by atoms with Gasteiger partial charge in [0.1, 0.15) is 7.85 Å². The lowest BCUT2D eigenvalue weighted by Crippen LogP contribution is -2.39. The molecule has 0 saturated heterocycles. The van der Waals surface area contributed by atoms with Crippen molar-refractivity contribution in [3.63, 3.8) is 0 Å². The van der Waals surface area contributed by atoms with Gasteiger partial charge in [0, 0.05) is 14.1 Å². The Hall–Kier alpha value is -1.12. The summed E-state index contributed by atoms with van der Waals surface area (Å²) in [6, 6.07) is 8.20. The Kier molecular flexibility index (Phi) is 1.53. The van der Waals surface area contributed by atoms with Crippen LogP contribution in [0.2, 0.25) is 0 Å². The molecular formula is C9H11BN2. The zero-order chi connectivity index (χ0) is 8.72. The van der Waals surface area contributed by atoms with Crippen molar-refractivity contribution in [3.05, 3.63) is 24.3 Å². The Bertz CT molecular complexity index is 271. The molecule has 1 aliphatic heterocycles. The molecule has 0 bridgehead atoms. The Balaban J connectivity index is 2.52. The molecule has 2 radical (unpaired) electrons. The van der Waals surface area contributed by atoms with Gasteiger partial charge < -0.3 is 9.80 Å². The number of hydrogen-bond acceptors (Lipinski definition) is 2. The average Bonchev–Trinajstić information content (AvgIpc) is 2.33. The molecule has 0 amide bonds. The van der Waals surface area contributed by atoms with Gasteiger partial charge in [0.05, 0.1) is 17.4 Å². The van der Waals surface area contributed by atoms with Crippen LogP contribution in [0.5, 0.6) is 0 Å². The molecule has 1 aromatic carbocycles. The van der Waals surface area contributed by atoms with Gasteiger partial charge in [-0.3, -0.25) is 0 Å². The van der Waals surface area contributed by atoms with Crippen LogP contribution in [-0.2, 0) is 0 Å². The van der Waals surface area contributed by atoms with Crippen LogP contribution in [-0.4, -0.2) is 28.0 Å². The fourth-order valence-electron chi connectivity index (χ4n) is 1.61. The van der Waals surface area contributed by atoms with Gasteiger partial charge in [-0.15, -0.1) is 0 Å². The molecule has 0 unspecified atom stereocenters. The maximum Gasteiger partial charge on any atom is 0.129 e. The normalized spacial score (nSPS) is 16.8. The number of benzene rings is 1. The van der Waals surface area contributed by atoms with Crippen molar-refractivity contribution < 1.29 is 0 Å². The summed E-state index contributed by atoms with van der Waals surface area (Å²) in [5, 5.41) is 0. The number of hydrogen-bond donors (Lipinski definition) is 0. The van der Waals surface area contributed by atoms with E-state index in [4.69, 9.17) is 7.85 Å². The topological polar surface area (TPSA) is 6.48 Å². The fraction of sp³-hybridized carbons (Fsp3) is 0.333. The van der Waals surface area contributed by atoms with Crippen molar-refractivity contribution >= 4 is 19.2 Å². The standard InChI is InChI=1S/C9H11BN2/c1-11-7-5-3-4-6-8(7)12(2)9(11)10/h3-6,9H,1-2H3. The number of rotatable bonds is 0. The quantitative estimate of drug-likeness (QED) is 0.520. The first kappa shape index (κ1) is 7.53. The molecule has 0 N–H and O–H groups in total. The molecule has 2 nitrogen and oxygen atoms in total. The third-order valence-electron chi connectivity index (χ3n) is 2.44. The lowest BCUT2D eigenvalue weighted by atomic mass is 10.0. The molecule has 0 aromatic heterocycles. The van der Waals surface area contributed by atoms with Gasteiger partial charge in [0.15, 0.2) is 0 Å². The van der Waals surface area contributed by atoms with Crippen molar-refractivity contribution in [2.75, 3.05) is 23.9 Å². The number of anilines is 2. The van der Waals surface area contributed by atoms with Gasteiger partial charge in [-0.25, -0.2) is 0 Å². The van der Waals surface area contributed by atoms with Gasteiger partial charge in [0.25, 0.3) is 0 Å². The highest BCUT2D eigenvalue weighted by molar-refractivity contribution is 6.16. The van der Waals surface area contributed by atoms with Gasteiger partial charge >= 0.3 is 0 Å². The van der Waals surface area contributed by atoms with Crippen LogP contribution < -0.4 is 9.80 Å². The Morgan fingerprint density at radius 2 is 1.50 bits per heavy atom. The smallest absolute Gasteiger partial charge is 0.129 e. The lowest BCUT2D eigenvalue weighted by molar-refractivity contribution is 0.843. The lowest BCUT2D eigenvalue weighted by Gasteiger charge is -2.24. The van der Waals surface area contributed by atoms with Crippen molar-refractivity contribution in [1.29, 1.82) is 0 Å². The molecule has 0 aliphatic carbocycles. The van der Waals surface area contributed by atoms with E-state index in [1.807, 2.05) is 26.2 Å². The molecule has 1 aromatic rings. The number of para-hydroxylation sites is 2. The van der Waals surface area contributed by atoms with Crippen molar-refractivity contribution in [3.8, 4) is 0 Å². The van der Waals surface area contributed by atoms with E-state index < -0.39 is 0 Å². The van der Waals surface area contributed by atoms with E-state index in [0.29, 0.717) is 0 Å². The molecule has 60 valence electrons. The second kappa shape index (κ2) is 2.44. The van der Waals surface area contributed by atoms with Crippen LogP contribution in [0.15, 0.2) is 24.3 Å². The summed E-state index contributed by atoms with van der Waals surface area (Å²) in [6.07, 6.45) is 0. The first-order valence-corrected chi connectivity index (χ1v) is 4.02. The molecule has 0 saturated carbocycles. The Morgan fingerprint density at radius 1 is 1.08 bits per heavy atom. The molecule has 12 heavy (non-hydrogen) atoms. The molecule has 1 heterocycles. The van der Waals surface area contributed by atoms with Crippen LogP contribution in [0.4, 0.5) is 11.4 Å². The second-order valence-corrected chi connectivity index (χ2v) is 3.12. The Labute approximate surface area is 74.2 Å². The maximum absolute atomic E-state index is 5.92. The van der Waals surface area contributed by atoms with Gasteiger partial charge in [0.2, 0.25) is 0 Å². The SMILES string of the molecule is [B]C1N(C)c2ccccc2N1C. The molecule has 1 aliphatic rings. The molecule has 0 spiro atoms. The summed E-state index contributed by atoms with van der Waals surface area (Å²) in [5.74, 6) is 0. The predicted molar refractivity (Wildman–Crippen MR) is 52.8 cm³/mol. The molecular weight excluding hydrogens is 147 g/mol. The van der Waals surface area contributed by atoms with Crippen LogP contribution >= 0.6 is 0 Å². The largest absolute Gasteiger partial charge is 0.361 e. The summed E-state index contributed by atoms with van der Waals surface area (Å²) in [7, 11) is 9.94. The van der Waals surface area contributed by atoms with Crippen molar-refractivity contribution in [2.24, 2.45) is 0 Å². The predicted octanol–water partition coefficient (Wildman–Crippen LogP) is 1.02. The first-order valence-electron chi connectivity index (χ1n) is 4.02. The van der Waals surface area contributed by atoms with E-state index in [1.54, 1.807) is 0 Å². The minimum absolute atomic E-state index is 0.0256. The van der Waals surface area contributed by atoms with E-state index in [9.17, 15) is 0 Å². The summed E-state index contributed by atoms with van der Waals surface area (Å²) in [4.78, 5) is 4.13. The van der Waals surface area contributed by atoms with E-state index in [0.717, 1.165) is 0 Å².